The summed E-state index contributed by atoms with van der Waals surface area (Å²) >= 11 is 1.25. The number of thioether (sulfide) groups is 1. The van der Waals surface area contributed by atoms with Crippen LogP contribution < -0.4 is 10.9 Å². The number of nitrogens with zero attached hydrogens (tertiary/aromatic N) is 2. The van der Waals surface area contributed by atoms with Crippen LogP contribution >= 0.6 is 11.8 Å². The van der Waals surface area contributed by atoms with Crippen LogP contribution in [-0.4, -0.2) is 21.2 Å². The van der Waals surface area contributed by atoms with Crippen molar-refractivity contribution in [2.75, 3.05) is 11.1 Å². The normalized spacial score (nSPS) is 10.8. The van der Waals surface area contributed by atoms with E-state index in [0.717, 1.165) is 18.5 Å². The molecule has 1 N–H and O–H groups in total. The number of aromatic nitrogens is 2. The second-order valence-corrected chi connectivity index (χ2v) is 7.34. The van der Waals surface area contributed by atoms with Crippen molar-refractivity contribution >= 4 is 34.3 Å². The highest BCUT2D eigenvalue weighted by Crippen LogP contribution is 2.19. The van der Waals surface area contributed by atoms with E-state index in [2.05, 4.69) is 23.8 Å². The van der Waals surface area contributed by atoms with Crippen molar-refractivity contribution in [3.05, 3.63) is 77.1 Å². The van der Waals surface area contributed by atoms with Gasteiger partial charge in [0, 0.05) is 12.2 Å². The van der Waals surface area contributed by atoms with Crippen molar-refractivity contribution in [3.63, 3.8) is 0 Å². The van der Waals surface area contributed by atoms with Gasteiger partial charge in [-0.25, -0.2) is 4.98 Å². The molecule has 0 saturated carbocycles. The van der Waals surface area contributed by atoms with Crippen molar-refractivity contribution in [1.82, 2.24) is 9.55 Å². The van der Waals surface area contributed by atoms with E-state index in [1.165, 1.54) is 17.3 Å². The van der Waals surface area contributed by atoms with Gasteiger partial charge in [-0.2, -0.15) is 0 Å². The summed E-state index contributed by atoms with van der Waals surface area (Å²) in [4.78, 5) is 29.6. The van der Waals surface area contributed by atoms with Crippen molar-refractivity contribution in [2.24, 2.45) is 0 Å². The Morgan fingerprint density at radius 3 is 2.68 bits per heavy atom. The summed E-state index contributed by atoms with van der Waals surface area (Å²) in [7, 11) is 0. The minimum absolute atomic E-state index is 0.125. The summed E-state index contributed by atoms with van der Waals surface area (Å²) in [5.41, 5.74) is 2.52. The molecule has 0 aliphatic rings. The van der Waals surface area contributed by atoms with E-state index in [1.54, 1.807) is 22.8 Å². The van der Waals surface area contributed by atoms with Crippen LogP contribution in [-0.2, 0) is 17.8 Å². The van der Waals surface area contributed by atoms with Gasteiger partial charge in [0.1, 0.15) is 0 Å². The molecule has 0 fully saturated rings. The molecule has 1 heterocycles. The quantitative estimate of drug-likeness (QED) is 0.353. The first kappa shape index (κ1) is 19.9. The standard InChI is InChI=1S/C22H23N3O2S/c1-3-7-16-10-12-17(13-11-16)23-20(26)15-28-22-24-19-9-6-5-8-18(19)21(27)25(22)14-4-2/h4-6,8-13H,2-3,7,14-15H2,1H3,(H,23,26). The van der Waals surface area contributed by atoms with Gasteiger partial charge < -0.3 is 5.32 Å². The van der Waals surface area contributed by atoms with Gasteiger partial charge in [-0.1, -0.05) is 55.4 Å². The number of fused-ring (bicyclic) bond motifs is 1. The number of amides is 1. The molecule has 144 valence electrons. The number of hydrogen-bond donors (Lipinski definition) is 1. The molecular weight excluding hydrogens is 370 g/mol. The number of anilines is 1. The molecule has 3 aromatic rings. The van der Waals surface area contributed by atoms with Gasteiger partial charge >= 0.3 is 0 Å². The van der Waals surface area contributed by atoms with E-state index in [9.17, 15) is 9.59 Å². The Hall–Kier alpha value is -2.86. The Balaban J connectivity index is 1.73. The predicted molar refractivity (Wildman–Crippen MR) is 116 cm³/mol. The van der Waals surface area contributed by atoms with Crippen LogP contribution in [0.15, 0.2) is 71.1 Å². The monoisotopic (exact) mass is 393 g/mol. The molecule has 0 atom stereocenters. The van der Waals surface area contributed by atoms with Gasteiger partial charge in [0.05, 0.1) is 16.7 Å². The maximum Gasteiger partial charge on any atom is 0.262 e. The summed E-state index contributed by atoms with van der Waals surface area (Å²) < 4.78 is 1.55. The average molecular weight is 394 g/mol. The highest BCUT2D eigenvalue weighted by molar-refractivity contribution is 7.99. The van der Waals surface area contributed by atoms with Crippen molar-refractivity contribution in [1.29, 1.82) is 0 Å². The lowest BCUT2D eigenvalue weighted by atomic mass is 10.1. The molecule has 0 aliphatic carbocycles. The molecule has 1 amide bonds. The number of nitrogens with one attached hydrogen (secondary N) is 1. The van der Waals surface area contributed by atoms with E-state index in [0.29, 0.717) is 22.6 Å². The summed E-state index contributed by atoms with van der Waals surface area (Å²) in [5.74, 6) is 0.0272. The molecule has 0 radical (unpaired) electrons. The third kappa shape index (κ3) is 4.70. The van der Waals surface area contributed by atoms with Crippen LogP contribution in [0.1, 0.15) is 18.9 Å². The molecule has 5 nitrogen and oxygen atoms in total. The van der Waals surface area contributed by atoms with Gasteiger partial charge in [0.25, 0.3) is 5.56 Å². The minimum atomic E-state index is -0.138. The van der Waals surface area contributed by atoms with Crippen molar-refractivity contribution < 1.29 is 4.79 Å². The molecule has 3 rings (SSSR count). The Morgan fingerprint density at radius 1 is 1.21 bits per heavy atom. The number of rotatable bonds is 8. The summed E-state index contributed by atoms with van der Waals surface area (Å²) in [6, 6.07) is 15.1. The van der Waals surface area contributed by atoms with Crippen LogP contribution in [0.4, 0.5) is 5.69 Å². The number of carbonyl (C=O) groups excluding carboxylic acids is 1. The number of benzene rings is 2. The Labute approximate surface area is 168 Å². The lowest BCUT2D eigenvalue weighted by molar-refractivity contribution is -0.113. The van der Waals surface area contributed by atoms with Gasteiger partial charge in [-0.15, -0.1) is 6.58 Å². The molecule has 0 bridgehead atoms. The van der Waals surface area contributed by atoms with Crippen molar-refractivity contribution in [3.8, 4) is 0 Å². The third-order valence-corrected chi connectivity index (χ3v) is 5.22. The highest BCUT2D eigenvalue weighted by atomic mass is 32.2. The SMILES string of the molecule is C=CCn1c(SCC(=O)Nc2ccc(CCC)cc2)nc2ccccc2c1=O. The topological polar surface area (TPSA) is 64.0 Å². The molecule has 0 unspecified atom stereocenters. The molecular formula is C22H23N3O2S. The molecule has 1 aromatic heterocycles. The zero-order chi connectivity index (χ0) is 19.9. The highest BCUT2D eigenvalue weighted by Gasteiger charge is 2.12. The van der Waals surface area contributed by atoms with Crippen LogP contribution in [0.5, 0.6) is 0 Å². The maximum atomic E-state index is 12.7. The summed E-state index contributed by atoms with van der Waals surface area (Å²) in [5, 5.41) is 3.96. The van der Waals surface area contributed by atoms with E-state index < -0.39 is 0 Å². The van der Waals surface area contributed by atoms with Crippen LogP contribution in [0.25, 0.3) is 10.9 Å². The lowest BCUT2D eigenvalue weighted by Crippen LogP contribution is -2.23. The van der Waals surface area contributed by atoms with Crippen LogP contribution in [0.3, 0.4) is 0 Å². The second-order valence-electron chi connectivity index (χ2n) is 6.40. The fraction of sp³-hybridized carbons (Fsp3) is 0.227. The van der Waals surface area contributed by atoms with Gasteiger partial charge in [-0.05, 0) is 36.2 Å². The average Bonchev–Trinajstić information content (AvgIpc) is 2.70. The fourth-order valence-electron chi connectivity index (χ4n) is 2.92. The van der Waals surface area contributed by atoms with E-state index >= 15 is 0 Å². The van der Waals surface area contributed by atoms with Crippen molar-refractivity contribution in [2.45, 2.75) is 31.5 Å². The largest absolute Gasteiger partial charge is 0.325 e. The second kappa shape index (κ2) is 9.37. The summed E-state index contributed by atoms with van der Waals surface area (Å²) in [6.45, 7) is 6.20. The number of hydrogen-bond acceptors (Lipinski definition) is 4. The van der Waals surface area contributed by atoms with Gasteiger partial charge in [0.2, 0.25) is 5.91 Å². The molecule has 0 aliphatic heterocycles. The molecule has 28 heavy (non-hydrogen) atoms. The molecule has 0 saturated heterocycles. The van der Waals surface area contributed by atoms with E-state index in [1.807, 2.05) is 36.4 Å². The Morgan fingerprint density at radius 2 is 1.96 bits per heavy atom. The number of carbonyl (C=O) groups is 1. The first-order valence-electron chi connectivity index (χ1n) is 9.24. The number of allylic oxidation sites excluding steroid dienone is 1. The smallest absolute Gasteiger partial charge is 0.262 e. The number of aryl methyl sites for hydroxylation is 1. The molecule has 6 heteroatoms. The lowest BCUT2D eigenvalue weighted by Gasteiger charge is -2.11. The molecule has 2 aromatic carbocycles. The Kier molecular flexibility index (Phi) is 6.66. The number of para-hydroxylation sites is 1. The maximum absolute atomic E-state index is 12.7. The predicted octanol–water partition coefficient (Wildman–Crippen LogP) is 4.27. The zero-order valence-electron chi connectivity index (χ0n) is 15.9. The van der Waals surface area contributed by atoms with E-state index in [4.69, 9.17) is 0 Å². The van der Waals surface area contributed by atoms with Crippen LogP contribution in [0.2, 0.25) is 0 Å². The van der Waals surface area contributed by atoms with Gasteiger partial charge in [0.15, 0.2) is 5.16 Å². The van der Waals surface area contributed by atoms with Gasteiger partial charge in [-0.3, -0.25) is 14.2 Å². The first-order chi connectivity index (χ1) is 13.6. The first-order valence-corrected chi connectivity index (χ1v) is 10.2. The van der Waals surface area contributed by atoms with Crippen LogP contribution in [0, 0.1) is 0 Å². The van der Waals surface area contributed by atoms with E-state index in [-0.39, 0.29) is 17.2 Å². The molecule has 0 spiro atoms. The fourth-order valence-corrected chi connectivity index (χ4v) is 3.73. The summed E-state index contributed by atoms with van der Waals surface area (Å²) in [6.07, 6.45) is 3.77. The zero-order valence-corrected chi connectivity index (χ0v) is 16.7. The minimum Gasteiger partial charge on any atom is -0.325 e. The Bertz CT molecular complexity index is 1040. The third-order valence-electron chi connectivity index (χ3n) is 4.25.